The van der Waals surface area contributed by atoms with Gasteiger partial charge in [0.2, 0.25) is 0 Å². The number of H-pyrrole nitrogens is 1. The molecule has 8 nitrogen and oxygen atoms in total. The number of aromatic amines is 1. The van der Waals surface area contributed by atoms with Gasteiger partial charge < -0.3 is 10.2 Å². The molecule has 1 aromatic rings. The van der Waals surface area contributed by atoms with Crippen LogP contribution < -0.4 is 4.72 Å². The fourth-order valence-corrected chi connectivity index (χ4v) is 3.50. The number of aromatic nitrogens is 2. The molecule has 1 aliphatic rings. The second-order valence-corrected chi connectivity index (χ2v) is 6.20. The van der Waals surface area contributed by atoms with Crippen LogP contribution in [0, 0.1) is 0 Å². The standard InChI is InChI=1S/C10H15N3O5S/c14-7-3-1-6(2-4-7)13-19(17,18)9-8(10(15)16)5-11-12-9/h5-7,13-14H,1-4H2,(H,11,12)(H,15,16). The maximum absolute atomic E-state index is 12.1. The maximum Gasteiger partial charge on any atom is 0.340 e. The van der Waals surface area contributed by atoms with Crippen LogP contribution in [0.5, 0.6) is 0 Å². The monoisotopic (exact) mass is 289 g/mol. The van der Waals surface area contributed by atoms with E-state index < -0.39 is 21.0 Å². The number of hydrogen-bond donors (Lipinski definition) is 4. The number of aliphatic hydroxyl groups excluding tert-OH is 1. The van der Waals surface area contributed by atoms with Gasteiger partial charge in [0.1, 0.15) is 5.56 Å². The highest BCUT2D eigenvalue weighted by Crippen LogP contribution is 2.21. The molecule has 0 atom stereocenters. The van der Waals surface area contributed by atoms with Crippen molar-refractivity contribution >= 4 is 16.0 Å². The first-order chi connectivity index (χ1) is 8.90. The van der Waals surface area contributed by atoms with Crippen LogP contribution in [0.1, 0.15) is 36.0 Å². The summed E-state index contributed by atoms with van der Waals surface area (Å²) in [5, 5.41) is 23.4. The molecule has 1 fully saturated rings. The summed E-state index contributed by atoms with van der Waals surface area (Å²) in [6.45, 7) is 0. The number of hydrogen-bond acceptors (Lipinski definition) is 5. The minimum absolute atomic E-state index is 0.293. The lowest BCUT2D eigenvalue weighted by Gasteiger charge is -2.25. The van der Waals surface area contributed by atoms with Crippen molar-refractivity contribution in [2.75, 3.05) is 0 Å². The third-order valence-corrected chi connectivity index (χ3v) is 4.61. The van der Waals surface area contributed by atoms with E-state index in [1.165, 1.54) is 0 Å². The van der Waals surface area contributed by atoms with E-state index in [0.29, 0.717) is 25.7 Å². The van der Waals surface area contributed by atoms with Crippen LogP contribution in [-0.4, -0.2) is 46.9 Å². The SMILES string of the molecule is O=C(O)c1cn[nH]c1S(=O)(=O)NC1CCC(O)CC1. The van der Waals surface area contributed by atoms with E-state index >= 15 is 0 Å². The van der Waals surface area contributed by atoms with Crippen molar-refractivity contribution in [3.8, 4) is 0 Å². The Morgan fingerprint density at radius 3 is 2.58 bits per heavy atom. The predicted octanol–water partition coefficient (Wildman–Crippen LogP) is -0.310. The third kappa shape index (κ3) is 3.11. The largest absolute Gasteiger partial charge is 0.478 e. The minimum Gasteiger partial charge on any atom is -0.478 e. The van der Waals surface area contributed by atoms with Gasteiger partial charge in [0.25, 0.3) is 10.0 Å². The van der Waals surface area contributed by atoms with Gasteiger partial charge >= 0.3 is 5.97 Å². The van der Waals surface area contributed by atoms with Crippen LogP contribution in [0.3, 0.4) is 0 Å². The normalized spacial score (nSPS) is 24.3. The molecule has 0 aromatic carbocycles. The summed E-state index contributed by atoms with van der Waals surface area (Å²) in [7, 11) is -3.94. The Kier molecular flexibility index (Phi) is 3.88. The molecule has 1 aliphatic carbocycles. The van der Waals surface area contributed by atoms with E-state index in [1.807, 2.05) is 0 Å². The minimum atomic E-state index is -3.94. The Morgan fingerprint density at radius 1 is 1.37 bits per heavy atom. The Labute approximate surface area is 109 Å². The summed E-state index contributed by atoms with van der Waals surface area (Å²) in [6.07, 6.45) is 2.68. The smallest absolute Gasteiger partial charge is 0.340 e. The van der Waals surface area contributed by atoms with Crippen molar-refractivity contribution < 1.29 is 23.4 Å². The van der Waals surface area contributed by atoms with Crippen LogP contribution in [0.4, 0.5) is 0 Å². The van der Waals surface area contributed by atoms with Crippen LogP contribution in [0.2, 0.25) is 0 Å². The Morgan fingerprint density at radius 2 is 2.00 bits per heavy atom. The molecule has 0 saturated heterocycles. The molecule has 0 amide bonds. The van der Waals surface area contributed by atoms with Crippen LogP contribution in [0.25, 0.3) is 0 Å². The van der Waals surface area contributed by atoms with Gasteiger partial charge in [-0.25, -0.2) is 17.9 Å². The van der Waals surface area contributed by atoms with Gasteiger partial charge in [0, 0.05) is 6.04 Å². The predicted molar refractivity (Wildman–Crippen MR) is 64.1 cm³/mol. The summed E-state index contributed by atoms with van der Waals surface area (Å²) in [6, 6.07) is -0.293. The van der Waals surface area contributed by atoms with Crippen molar-refractivity contribution in [1.29, 1.82) is 0 Å². The number of carboxylic acids is 1. The molecular weight excluding hydrogens is 274 g/mol. The summed E-state index contributed by atoms with van der Waals surface area (Å²) in [5.41, 5.74) is -0.386. The molecule has 1 saturated carbocycles. The first-order valence-corrected chi connectivity index (χ1v) is 7.35. The van der Waals surface area contributed by atoms with Gasteiger partial charge in [0.05, 0.1) is 12.3 Å². The fraction of sp³-hybridized carbons (Fsp3) is 0.600. The van der Waals surface area contributed by atoms with Crippen molar-refractivity contribution in [1.82, 2.24) is 14.9 Å². The highest BCUT2D eigenvalue weighted by atomic mass is 32.2. The van der Waals surface area contributed by atoms with Gasteiger partial charge in [-0.3, -0.25) is 5.10 Å². The summed E-state index contributed by atoms with van der Waals surface area (Å²) < 4.78 is 26.6. The van der Waals surface area contributed by atoms with Crippen LogP contribution >= 0.6 is 0 Å². The molecule has 2 rings (SSSR count). The molecule has 9 heteroatoms. The zero-order chi connectivity index (χ0) is 14.0. The molecule has 0 spiro atoms. The second kappa shape index (κ2) is 5.27. The molecule has 0 unspecified atom stereocenters. The van der Waals surface area contributed by atoms with Crippen molar-refractivity contribution in [3.63, 3.8) is 0 Å². The average molecular weight is 289 g/mol. The number of nitrogens with one attached hydrogen (secondary N) is 2. The number of nitrogens with zero attached hydrogens (tertiary/aromatic N) is 1. The Bertz CT molecular complexity index is 559. The summed E-state index contributed by atoms with van der Waals surface area (Å²) >= 11 is 0. The highest BCUT2D eigenvalue weighted by molar-refractivity contribution is 7.89. The summed E-state index contributed by atoms with van der Waals surface area (Å²) in [4.78, 5) is 10.9. The molecule has 19 heavy (non-hydrogen) atoms. The van der Waals surface area contributed by atoms with Gasteiger partial charge in [-0.15, -0.1) is 0 Å². The van der Waals surface area contributed by atoms with E-state index in [2.05, 4.69) is 14.9 Å². The van der Waals surface area contributed by atoms with E-state index in [0.717, 1.165) is 6.20 Å². The molecule has 1 aromatic heterocycles. The van der Waals surface area contributed by atoms with E-state index in [4.69, 9.17) is 5.11 Å². The van der Waals surface area contributed by atoms with E-state index in [-0.39, 0.29) is 17.7 Å². The van der Waals surface area contributed by atoms with Crippen LogP contribution in [-0.2, 0) is 10.0 Å². The number of aromatic carboxylic acids is 1. The Balaban J connectivity index is 2.14. The fourth-order valence-electron chi connectivity index (χ4n) is 2.10. The molecule has 0 aliphatic heterocycles. The maximum atomic E-state index is 12.1. The average Bonchev–Trinajstić information content (AvgIpc) is 2.82. The number of rotatable bonds is 4. The molecule has 0 bridgehead atoms. The number of carbonyl (C=O) groups is 1. The third-order valence-electron chi connectivity index (χ3n) is 3.12. The molecule has 4 N–H and O–H groups in total. The first-order valence-electron chi connectivity index (χ1n) is 5.87. The number of sulfonamides is 1. The molecule has 1 heterocycles. The lowest BCUT2D eigenvalue weighted by Crippen LogP contribution is -2.39. The zero-order valence-corrected chi connectivity index (χ0v) is 10.9. The van der Waals surface area contributed by atoms with E-state index in [9.17, 15) is 18.3 Å². The van der Waals surface area contributed by atoms with E-state index in [1.54, 1.807) is 0 Å². The molecule has 0 radical (unpaired) electrons. The zero-order valence-electron chi connectivity index (χ0n) is 10.0. The number of carboxylic acid groups (broad SMARTS) is 1. The topological polar surface area (TPSA) is 132 Å². The van der Waals surface area contributed by atoms with Crippen molar-refractivity contribution in [3.05, 3.63) is 11.8 Å². The lowest BCUT2D eigenvalue weighted by atomic mass is 9.94. The van der Waals surface area contributed by atoms with Crippen molar-refractivity contribution in [2.24, 2.45) is 0 Å². The Hall–Kier alpha value is -1.45. The first kappa shape index (κ1) is 14.0. The number of aliphatic hydroxyl groups is 1. The summed E-state index contributed by atoms with van der Waals surface area (Å²) in [5.74, 6) is -1.35. The lowest BCUT2D eigenvalue weighted by molar-refractivity contribution is 0.0692. The van der Waals surface area contributed by atoms with Crippen LogP contribution in [0.15, 0.2) is 11.2 Å². The molecular formula is C10H15N3O5S. The van der Waals surface area contributed by atoms with Gasteiger partial charge in [0.15, 0.2) is 5.03 Å². The molecule has 106 valence electrons. The van der Waals surface area contributed by atoms with Gasteiger partial charge in [-0.05, 0) is 25.7 Å². The van der Waals surface area contributed by atoms with Gasteiger partial charge in [-0.2, -0.15) is 5.10 Å². The second-order valence-electron chi connectivity index (χ2n) is 4.54. The quantitative estimate of drug-likeness (QED) is 0.601. The van der Waals surface area contributed by atoms with Gasteiger partial charge in [-0.1, -0.05) is 0 Å². The highest BCUT2D eigenvalue weighted by Gasteiger charge is 2.29. The van der Waals surface area contributed by atoms with Crippen molar-refractivity contribution in [2.45, 2.75) is 42.9 Å².